The Morgan fingerprint density at radius 1 is 1.00 bits per heavy atom. The highest BCUT2D eigenvalue weighted by Gasteiger charge is 2.22. The molecule has 0 fully saturated rings. The minimum Gasteiger partial charge on any atom is -0.490 e. The summed E-state index contributed by atoms with van der Waals surface area (Å²) in [5.41, 5.74) is 4.29. The second-order valence-electron chi connectivity index (χ2n) is 8.64. The van der Waals surface area contributed by atoms with Crippen LogP contribution in [0.2, 0.25) is 0 Å². The van der Waals surface area contributed by atoms with Gasteiger partial charge in [0.15, 0.2) is 5.75 Å². The van der Waals surface area contributed by atoms with Gasteiger partial charge in [0.2, 0.25) is 5.91 Å². The first-order valence-electron chi connectivity index (χ1n) is 11.9. The number of hydrogen-bond donors (Lipinski definition) is 3. The van der Waals surface area contributed by atoms with Crippen LogP contribution in [0.3, 0.4) is 0 Å². The number of carbonyl (C=O) groups is 2. The Bertz CT molecular complexity index is 1350. The van der Waals surface area contributed by atoms with Crippen LogP contribution in [0.1, 0.15) is 29.3 Å². The lowest BCUT2D eigenvalue weighted by molar-refractivity contribution is -0.385. The molecule has 3 aromatic rings. The molecule has 10 heteroatoms. The third-order valence-electron chi connectivity index (χ3n) is 6.15. The molecular weight excluding hydrogens is 476 g/mol. The summed E-state index contributed by atoms with van der Waals surface area (Å²) in [4.78, 5) is 38.1. The maximum Gasteiger partial charge on any atom is 0.310 e. The second-order valence-corrected chi connectivity index (χ2v) is 8.64. The van der Waals surface area contributed by atoms with Gasteiger partial charge in [0.1, 0.15) is 0 Å². The Morgan fingerprint density at radius 3 is 2.46 bits per heavy atom. The monoisotopic (exact) mass is 504 g/mol. The van der Waals surface area contributed by atoms with E-state index >= 15 is 0 Å². The summed E-state index contributed by atoms with van der Waals surface area (Å²) in [5.74, 6) is -0.243. The first kappa shape index (κ1) is 25.6. The summed E-state index contributed by atoms with van der Waals surface area (Å²) in [7, 11) is 1.38. The predicted molar refractivity (Wildman–Crippen MR) is 140 cm³/mol. The molecule has 0 atom stereocenters. The number of hydrogen-bond acceptors (Lipinski definition) is 7. The van der Waals surface area contributed by atoms with Gasteiger partial charge < -0.3 is 25.4 Å². The van der Waals surface area contributed by atoms with Crippen LogP contribution in [0.25, 0.3) is 11.1 Å². The fourth-order valence-corrected chi connectivity index (χ4v) is 4.32. The SMILES string of the molecule is CCCN(CCO)C(=O)Cc1ccc2c(c1)NC(=O)c1ccc(-c3ccc([N+](=O)[O-])c(OC)c3)cc1N2. The van der Waals surface area contributed by atoms with Gasteiger partial charge in [-0.3, -0.25) is 19.7 Å². The van der Waals surface area contributed by atoms with E-state index in [4.69, 9.17) is 4.74 Å². The standard InChI is InChI=1S/C27H28N4O6/c1-3-10-30(11-12-32)26(33)14-17-4-8-21-23(13-17)29-27(34)20-7-5-18(15-22(20)28-21)19-6-9-24(31(35)36)25(16-19)37-2/h4-9,13,15-16,28,32H,3,10-12,14H2,1-2H3,(H,29,34). The van der Waals surface area contributed by atoms with Gasteiger partial charge >= 0.3 is 5.69 Å². The molecular formula is C27H28N4O6. The van der Waals surface area contributed by atoms with E-state index in [1.165, 1.54) is 13.2 Å². The van der Waals surface area contributed by atoms with E-state index in [-0.39, 0.29) is 42.8 Å². The molecule has 3 N–H and O–H groups in total. The fourth-order valence-electron chi connectivity index (χ4n) is 4.32. The predicted octanol–water partition coefficient (Wildman–Crippen LogP) is 4.35. The summed E-state index contributed by atoms with van der Waals surface area (Å²) < 4.78 is 5.18. The molecule has 1 aliphatic rings. The third kappa shape index (κ3) is 5.54. The average molecular weight is 505 g/mol. The van der Waals surface area contributed by atoms with Crippen molar-refractivity contribution in [2.24, 2.45) is 0 Å². The number of nitrogens with zero attached hydrogens (tertiary/aromatic N) is 2. The van der Waals surface area contributed by atoms with Crippen molar-refractivity contribution < 1.29 is 24.4 Å². The van der Waals surface area contributed by atoms with Gasteiger partial charge in [0.05, 0.1) is 47.7 Å². The van der Waals surface area contributed by atoms with Gasteiger partial charge in [-0.1, -0.05) is 19.1 Å². The molecule has 0 radical (unpaired) electrons. The van der Waals surface area contributed by atoms with Gasteiger partial charge in [0.25, 0.3) is 5.91 Å². The Kier molecular flexibility index (Phi) is 7.69. The number of methoxy groups -OCH3 is 1. The molecule has 37 heavy (non-hydrogen) atoms. The van der Waals surface area contributed by atoms with Gasteiger partial charge in [0, 0.05) is 19.2 Å². The van der Waals surface area contributed by atoms with E-state index in [9.17, 15) is 24.8 Å². The maximum absolute atomic E-state index is 13.0. The van der Waals surface area contributed by atoms with Crippen molar-refractivity contribution in [1.29, 1.82) is 0 Å². The molecule has 0 spiro atoms. The summed E-state index contributed by atoms with van der Waals surface area (Å²) >= 11 is 0. The van der Waals surface area contributed by atoms with Gasteiger partial charge in [-0.25, -0.2) is 0 Å². The number of aliphatic hydroxyl groups excluding tert-OH is 1. The van der Waals surface area contributed by atoms with Crippen LogP contribution in [0.4, 0.5) is 22.7 Å². The number of nitro groups is 1. The number of rotatable bonds is 9. The first-order valence-corrected chi connectivity index (χ1v) is 11.9. The van der Waals surface area contributed by atoms with Gasteiger partial charge in [-0.05, 0) is 59.5 Å². The molecule has 1 heterocycles. The Hall–Kier alpha value is -4.44. The van der Waals surface area contributed by atoms with Crippen LogP contribution >= 0.6 is 0 Å². The molecule has 0 unspecified atom stereocenters. The molecule has 4 rings (SSSR count). The molecule has 0 aliphatic carbocycles. The second kappa shape index (κ2) is 11.1. The lowest BCUT2D eigenvalue weighted by atomic mass is 10.0. The topological polar surface area (TPSA) is 134 Å². The van der Waals surface area contributed by atoms with Crippen molar-refractivity contribution in [3.63, 3.8) is 0 Å². The first-order chi connectivity index (χ1) is 17.8. The molecule has 0 saturated carbocycles. The van der Waals surface area contributed by atoms with Crippen molar-refractivity contribution in [2.75, 3.05) is 37.4 Å². The van der Waals surface area contributed by atoms with Crippen LogP contribution in [0, 0.1) is 10.1 Å². The Balaban J connectivity index is 1.61. The largest absolute Gasteiger partial charge is 0.490 e. The number of aliphatic hydroxyl groups is 1. The summed E-state index contributed by atoms with van der Waals surface area (Å²) in [6.07, 6.45) is 0.949. The number of amides is 2. The minimum absolute atomic E-state index is 0.0878. The van der Waals surface area contributed by atoms with E-state index in [0.717, 1.165) is 17.5 Å². The number of nitrogens with one attached hydrogen (secondary N) is 2. The number of nitro benzene ring substituents is 1. The van der Waals surface area contributed by atoms with Crippen molar-refractivity contribution in [3.8, 4) is 16.9 Å². The van der Waals surface area contributed by atoms with Crippen LogP contribution in [0.5, 0.6) is 5.75 Å². The normalized spacial score (nSPS) is 11.9. The van der Waals surface area contributed by atoms with Crippen LogP contribution in [-0.4, -0.2) is 53.6 Å². The lowest BCUT2D eigenvalue weighted by Crippen LogP contribution is -2.35. The molecule has 3 aromatic carbocycles. The fraction of sp³-hybridized carbons (Fsp3) is 0.259. The van der Waals surface area contributed by atoms with E-state index in [1.807, 2.05) is 19.1 Å². The highest BCUT2D eigenvalue weighted by atomic mass is 16.6. The molecule has 1 aliphatic heterocycles. The van der Waals surface area contributed by atoms with Crippen molar-refractivity contribution in [3.05, 3.63) is 75.8 Å². The number of anilines is 3. The van der Waals surface area contributed by atoms with Crippen LogP contribution in [0.15, 0.2) is 54.6 Å². The minimum atomic E-state index is -0.502. The molecule has 192 valence electrons. The zero-order valence-electron chi connectivity index (χ0n) is 20.6. The Morgan fingerprint density at radius 2 is 1.76 bits per heavy atom. The zero-order valence-corrected chi connectivity index (χ0v) is 20.6. The van der Waals surface area contributed by atoms with E-state index in [2.05, 4.69) is 10.6 Å². The zero-order chi connectivity index (χ0) is 26.5. The molecule has 0 aromatic heterocycles. The van der Waals surface area contributed by atoms with Gasteiger partial charge in [-0.2, -0.15) is 0 Å². The molecule has 0 bridgehead atoms. The highest BCUT2D eigenvalue weighted by molar-refractivity contribution is 6.12. The molecule has 0 saturated heterocycles. The van der Waals surface area contributed by atoms with E-state index < -0.39 is 4.92 Å². The summed E-state index contributed by atoms with van der Waals surface area (Å²) in [6.45, 7) is 2.74. The third-order valence-corrected chi connectivity index (χ3v) is 6.15. The highest BCUT2D eigenvalue weighted by Crippen LogP contribution is 2.37. The number of ether oxygens (including phenoxy) is 1. The van der Waals surface area contributed by atoms with Crippen LogP contribution < -0.4 is 15.4 Å². The summed E-state index contributed by atoms with van der Waals surface area (Å²) in [6, 6.07) is 15.3. The van der Waals surface area contributed by atoms with Crippen molar-refractivity contribution >= 4 is 34.6 Å². The average Bonchev–Trinajstić information content (AvgIpc) is 3.02. The molecule has 10 nitrogen and oxygen atoms in total. The Labute approximate surface area is 214 Å². The van der Waals surface area contributed by atoms with Crippen LogP contribution in [-0.2, 0) is 11.2 Å². The maximum atomic E-state index is 13.0. The van der Waals surface area contributed by atoms with Crippen molar-refractivity contribution in [1.82, 2.24) is 4.90 Å². The number of carbonyl (C=O) groups excluding carboxylic acids is 2. The summed E-state index contributed by atoms with van der Waals surface area (Å²) in [5, 5.41) is 26.7. The smallest absolute Gasteiger partial charge is 0.310 e. The quantitative estimate of drug-likeness (QED) is 0.291. The van der Waals surface area contributed by atoms with E-state index in [0.29, 0.717) is 34.7 Å². The number of fused-ring (bicyclic) bond motifs is 2. The number of benzene rings is 3. The van der Waals surface area contributed by atoms with E-state index in [1.54, 1.807) is 41.3 Å². The van der Waals surface area contributed by atoms with Crippen molar-refractivity contribution in [2.45, 2.75) is 19.8 Å². The lowest BCUT2D eigenvalue weighted by Gasteiger charge is -2.21. The molecule has 2 amide bonds. The van der Waals surface area contributed by atoms with Gasteiger partial charge in [-0.15, -0.1) is 0 Å².